The molecular formula is C16H13F4N3O. The summed E-state index contributed by atoms with van der Waals surface area (Å²) in [6, 6.07) is 4.49. The molecular weight excluding hydrogens is 326 g/mol. The van der Waals surface area contributed by atoms with Gasteiger partial charge in [-0.25, -0.2) is 0 Å². The maximum absolute atomic E-state index is 13.7. The van der Waals surface area contributed by atoms with Gasteiger partial charge in [0.2, 0.25) is 17.5 Å². The molecule has 2 heterocycles. The number of aromatic nitrogens is 1. The molecule has 2 aromatic rings. The van der Waals surface area contributed by atoms with Crippen LogP contribution in [0.5, 0.6) is 0 Å². The number of pyridine rings is 1. The second-order valence-electron chi connectivity index (χ2n) is 5.53. The Kier molecular flexibility index (Phi) is 4.13. The topological polar surface area (TPSA) is 54.0 Å². The number of amides is 1. The highest BCUT2D eigenvalue weighted by Gasteiger charge is 2.23. The second-order valence-corrected chi connectivity index (χ2v) is 5.53. The van der Waals surface area contributed by atoms with Gasteiger partial charge in [0.05, 0.1) is 0 Å². The summed E-state index contributed by atoms with van der Waals surface area (Å²) >= 11 is 0. The van der Waals surface area contributed by atoms with Crippen LogP contribution in [0.3, 0.4) is 0 Å². The van der Waals surface area contributed by atoms with Crippen molar-refractivity contribution in [2.45, 2.75) is 25.8 Å². The lowest BCUT2D eigenvalue weighted by atomic mass is 9.97. The highest BCUT2D eigenvalue weighted by Crippen LogP contribution is 2.30. The molecule has 1 aliphatic heterocycles. The standard InChI is InChI=1S/C16H13F4N3O/c1-7(21-14-12(17)15(19)23-16(20)13(14)18)8-2-4-10-9(6-8)3-5-11(24)22-10/h2,4,6-7H,3,5H2,1H3,(H,21,23)(H,22,24). The van der Waals surface area contributed by atoms with Crippen LogP contribution < -0.4 is 10.6 Å². The molecule has 4 nitrogen and oxygen atoms in total. The van der Waals surface area contributed by atoms with E-state index in [-0.39, 0.29) is 5.91 Å². The van der Waals surface area contributed by atoms with E-state index in [4.69, 9.17) is 0 Å². The summed E-state index contributed by atoms with van der Waals surface area (Å²) in [4.78, 5) is 13.9. The fourth-order valence-corrected chi connectivity index (χ4v) is 2.59. The van der Waals surface area contributed by atoms with Crippen LogP contribution in [0, 0.1) is 23.5 Å². The van der Waals surface area contributed by atoms with Crippen molar-refractivity contribution in [3.8, 4) is 0 Å². The van der Waals surface area contributed by atoms with Crippen LogP contribution >= 0.6 is 0 Å². The van der Waals surface area contributed by atoms with Crippen molar-refractivity contribution < 1.29 is 22.4 Å². The van der Waals surface area contributed by atoms with Crippen LogP contribution in [0.1, 0.15) is 30.5 Å². The van der Waals surface area contributed by atoms with Crippen molar-refractivity contribution >= 4 is 17.3 Å². The number of nitrogens with zero attached hydrogens (tertiary/aromatic N) is 1. The second kappa shape index (κ2) is 6.10. The Bertz CT molecular complexity index is 799. The monoisotopic (exact) mass is 339 g/mol. The van der Waals surface area contributed by atoms with Gasteiger partial charge in [0.25, 0.3) is 11.9 Å². The van der Waals surface area contributed by atoms with Crippen LogP contribution in [0.4, 0.5) is 28.9 Å². The Hall–Kier alpha value is -2.64. The third kappa shape index (κ3) is 2.91. The van der Waals surface area contributed by atoms with Crippen molar-refractivity contribution in [3.05, 3.63) is 52.9 Å². The molecule has 3 rings (SSSR count). The van der Waals surface area contributed by atoms with E-state index in [0.717, 1.165) is 5.56 Å². The Morgan fingerprint density at radius 2 is 1.79 bits per heavy atom. The minimum absolute atomic E-state index is 0.0756. The molecule has 0 saturated carbocycles. The van der Waals surface area contributed by atoms with Crippen molar-refractivity contribution in [2.24, 2.45) is 0 Å². The zero-order chi connectivity index (χ0) is 17.4. The van der Waals surface area contributed by atoms with E-state index in [1.165, 1.54) is 0 Å². The predicted molar refractivity (Wildman–Crippen MR) is 79.5 cm³/mol. The molecule has 1 aromatic heterocycles. The number of hydrogen-bond donors (Lipinski definition) is 2. The smallest absolute Gasteiger partial charge is 0.253 e. The molecule has 1 aromatic carbocycles. The van der Waals surface area contributed by atoms with Crippen LogP contribution in [0.15, 0.2) is 18.2 Å². The summed E-state index contributed by atoms with van der Waals surface area (Å²) < 4.78 is 53.7. The molecule has 0 radical (unpaired) electrons. The van der Waals surface area contributed by atoms with Crippen LogP contribution in [0.25, 0.3) is 0 Å². The summed E-state index contributed by atoms with van der Waals surface area (Å²) in [6.07, 6.45) is 0.894. The fourth-order valence-electron chi connectivity index (χ4n) is 2.59. The van der Waals surface area contributed by atoms with Gasteiger partial charge in [0.15, 0.2) is 0 Å². The molecule has 24 heavy (non-hydrogen) atoms. The zero-order valence-electron chi connectivity index (χ0n) is 12.6. The van der Waals surface area contributed by atoms with Gasteiger partial charge in [-0.05, 0) is 30.5 Å². The highest BCUT2D eigenvalue weighted by molar-refractivity contribution is 5.93. The van der Waals surface area contributed by atoms with Gasteiger partial charge in [-0.1, -0.05) is 12.1 Å². The quantitative estimate of drug-likeness (QED) is 0.662. The summed E-state index contributed by atoms with van der Waals surface area (Å²) in [6.45, 7) is 1.60. The number of carbonyl (C=O) groups excluding carboxylic acids is 1. The van der Waals surface area contributed by atoms with Crippen molar-refractivity contribution in [1.29, 1.82) is 0 Å². The van der Waals surface area contributed by atoms with Gasteiger partial charge >= 0.3 is 0 Å². The molecule has 0 fully saturated rings. The van der Waals surface area contributed by atoms with Gasteiger partial charge in [-0.2, -0.15) is 22.5 Å². The number of carbonyl (C=O) groups is 1. The lowest BCUT2D eigenvalue weighted by Gasteiger charge is -2.21. The molecule has 8 heteroatoms. The van der Waals surface area contributed by atoms with Crippen LogP contribution in [0.2, 0.25) is 0 Å². The Morgan fingerprint density at radius 3 is 2.46 bits per heavy atom. The van der Waals surface area contributed by atoms with E-state index in [9.17, 15) is 22.4 Å². The molecule has 1 atom stereocenters. The largest absolute Gasteiger partial charge is 0.373 e. The summed E-state index contributed by atoms with van der Waals surface area (Å²) in [5.74, 6) is -6.65. The summed E-state index contributed by atoms with van der Waals surface area (Å²) in [7, 11) is 0. The molecule has 1 amide bonds. The number of rotatable bonds is 3. The minimum Gasteiger partial charge on any atom is -0.373 e. The third-order valence-electron chi connectivity index (χ3n) is 3.88. The molecule has 1 unspecified atom stereocenters. The van der Waals surface area contributed by atoms with Crippen molar-refractivity contribution in [2.75, 3.05) is 10.6 Å². The molecule has 0 spiro atoms. The normalized spacial score (nSPS) is 14.8. The number of hydrogen-bond acceptors (Lipinski definition) is 3. The van der Waals surface area contributed by atoms with E-state index < -0.39 is 35.3 Å². The first kappa shape index (κ1) is 16.2. The Labute approximate surface area is 134 Å². The van der Waals surface area contributed by atoms with E-state index >= 15 is 0 Å². The molecule has 0 bridgehead atoms. The van der Waals surface area contributed by atoms with Crippen molar-refractivity contribution in [3.63, 3.8) is 0 Å². The number of anilines is 2. The molecule has 2 N–H and O–H groups in total. The van der Waals surface area contributed by atoms with Gasteiger partial charge < -0.3 is 10.6 Å². The van der Waals surface area contributed by atoms with Crippen molar-refractivity contribution in [1.82, 2.24) is 4.98 Å². The van der Waals surface area contributed by atoms with Gasteiger partial charge in [0, 0.05) is 18.2 Å². The molecule has 0 aliphatic carbocycles. The van der Waals surface area contributed by atoms with Gasteiger partial charge in [-0.15, -0.1) is 0 Å². The maximum atomic E-state index is 13.7. The first-order valence-corrected chi connectivity index (χ1v) is 7.26. The van der Waals surface area contributed by atoms with E-state index in [2.05, 4.69) is 15.6 Å². The number of aryl methyl sites for hydroxylation is 1. The van der Waals surface area contributed by atoms with Gasteiger partial charge in [-0.3, -0.25) is 4.79 Å². The fraction of sp³-hybridized carbons (Fsp3) is 0.250. The minimum atomic E-state index is -1.71. The van der Waals surface area contributed by atoms with E-state index in [1.54, 1.807) is 25.1 Å². The molecule has 126 valence electrons. The lowest BCUT2D eigenvalue weighted by molar-refractivity contribution is -0.116. The number of benzene rings is 1. The average Bonchev–Trinajstić information content (AvgIpc) is 2.56. The van der Waals surface area contributed by atoms with Gasteiger partial charge in [0.1, 0.15) is 5.69 Å². The molecule has 1 aliphatic rings. The summed E-state index contributed by atoms with van der Waals surface area (Å²) in [5, 5.41) is 5.16. The Morgan fingerprint density at radius 1 is 1.12 bits per heavy atom. The van der Waals surface area contributed by atoms with Crippen LogP contribution in [-0.4, -0.2) is 10.9 Å². The number of nitrogens with one attached hydrogen (secondary N) is 2. The van der Waals surface area contributed by atoms with Crippen LogP contribution in [-0.2, 0) is 11.2 Å². The Balaban J connectivity index is 1.89. The van der Waals surface area contributed by atoms with E-state index in [1.807, 2.05) is 0 Å². The molecule has 0 saturated heterocycles. The predicted octanol–water partition coefficient (Wildman–Crippen LogP) is 3.70. The maximum Gasteiger partial charge on any atom is 0.253 e. The lowest BCUT2D eigenvalue weighted by Crippen LogP contribution is -2.19. The SMILES string of the molecule is CC(Nc1c(F)c(F)nc(F)c1F)c1ccc2c(c1)CCC(=O)N2. The first-order valence-electron chi connectivity index (χ1n) is 7.26. The van der Waals surface area contributed by atoms with E-state index in [0.29, 0.717) is 24.1 Å². The highest BCUT2D eigenvalue weighted by atomic mass is 19.2. The average molecular weight is 339 g/mol. The number of halogens is 4. The summed E-state index contributed by atoms with van der Waals surface area (Å²) in [5.41, 5.74) is 1.31. The number of fused-ring (bicyclic) bond motifs is 1. The third-order valence-corrected chi connectivity index (χ3v) is 3.88. The zero-order valence-corrected chi connectivity index (χ0v) is 12.6. The first-order chi connectivity index (χ1) is 11.4.